The summed E-state index contributed by atoms with van der Waals surface area (Å²) >= 11 is 5.87. The van der Waals surface area contributed by atoms with Crippen LogP contribution < -0.4 is 10.2 Å². The molecule has 0 saturated carbocycles. The number of amides is 3. The summed E-state index contributed by atoms with van der Waals surface area (Å²) in [6.07, 6.45) is 0. The number of rotatable bonds is 4. The second kappa shape index (κ2) is 6.88. The van der Waals surface area contributed by atoms with E-state index in [9.17, 15) is 9.59 Å². The van der Waals surface area contributed by atoms with Gasteiger partial charge in [-0.25, -0.2) is 9.78 Å². The highest BCUT2D eigenvalue weighted by molar-refractivity contribution is 6.30. The molecule has 1 fully saturated rings. The monoisotopic (exact) mass is 344 g/mol. The van der Waals surface area contributed by atoms with E-state index < -0.39 is 0 Å². The van der Waals surface area contributed by atoms with Crippen molar-refractivity contribution in [2.75, 3.05) is 29.9 Å². The van der Waals surface area contributed by atoms with Gasteiger partial charge in [-0.2, -0.15) is 0 Å². The molecule has 1 aliphatic rings. The first-order chi connectivity index (χ1) is 11.5. The molecule has 2 heterocycles. The van der Waals surface area contributed by atoms with Crippen molar-refractivity contribution in [2.24, 2.45) is 0 Å². The van der Waals surface area contributed by atoms with Crippen LogP contribution >= 0.6 is 11.6 Å². The van der Waals surface area contributed by atoms with E-state index in [1.807, 2.05) is 19.1 Å². The molecule has 0 aliphatic carbocycles. The minimum atomic E-state index is -0.264. The molecule has 3 rings (SSSR count). The van der Waals surface area contributed by atoms with Crippen LogP contribution in [0.4, 0.5) is 16.3 Å². The maximum Gasteiger partial charge on any atom is 0.325 e. The Kier molecular flexibility index (Phi) is 4.66. The van der Waals surface area contributed by atoms with E-state index in [1.54, 1.807) is 35.2 Å². The van der Waals surface area contributed by atoms with Crippen molar-refractivity contribution in [3.05, 3.63) is 53.2 Å². The molecule has 0 spiro atoms. The average Bonchev–Trinajstić information content (AvgIpc) is 2.89. The van der Waals surface area contributed by atoms with Crippen molar-refractivity contribution in [1.82, 2.24) is 9.88 Å². The van der Waals surface area contributed by atoms with Crippen LogP contribution in [0.3, 0.4) is 0 Å². The summed E-state index contributed by atoms with van der Waals surface area (Å²) in [5, 5.41) is 3.33. The van der Waals surface area contributed by atoms with Crippen molar-refractivity contribution < 1.29 is 9.59 Å². The van der Waals surface area contributed by atoms with Gasteiger partial charge in [0.25, 0.3) is 0 Å². The number of carbonyl (C=O) groups excluding carboxylic acids is 2. The normalized spacial score (nSPS) is 14.2. The van der Waals surface area contributed by atoms with Crippen LogP contribution in [-0.4, -0.2) is 41.5 Å². The lowest BCUT2D eigenvalue weighted by atomic mass is 10.3. The van der Waals surface area contributed by atoms with Crippen LogP contribution in [0.25, 0.3) is 0 Å². The number of aryl methyl sites for hydroxylation is 1. The fourth-order valence-corrected chi connectivity index (χ4v) is 2.68. The molecule has 1 aromatic heterocycles. The summed E-state index contributed by atoms with van der Waals surface area (Å²) < 4.78 is 0. The molecule has 7 heteroatoms. The topological polar surface area (TPSA) is 65.5 Å². The van der Waals surface area contributed by atoms with E-state index in [2.05, 4.69) is 10.3 Å². The average molecular weight is 345 g/mol. The minimum Gasteiger partial charge on any atom is -0.313 e. The van der Waals surface area contributed by atoms with Crippen molar-refractivity contribution in [2.45, 2.75) is 6.92 Å². The number of pyridine rings is 1. The fourth-order valence-electron chi connectivity index (χ4n) is 2.56. The van der Waals surface area contributed by atoms with Gasteiger partial charge in [0.2, 0.25) is 5.91 Å². The Labute approximate surface area is 145 Å². The van der Waals surface area contributed by atoms with Crippen LogP contribution in [0.1, 0.15) is 5.69 Å². The molecule has 0 unspecified atom stereocenters. The van der Waals surface area contributed by atoms with E-state index in [4.69, 9.17) is 11.6 Å². The van der Waals surface area contributed by atoms with Gasteiger partial charge >= 0.3 is 6.03 Å². The quantitative estimate of drug-likeness (QED) is 0.927. The fraction of sp³-hybridized carbons (Fsp3) is 0.235. The standard InChI is InChI=1S/C17H17ClN4O2/c1-12-3-2-4-15(19-12)20-16(23)11-21-9-10-22(17(21)24)14-7-5-13(18)6-8-14/h2-8H,9-11H2,1H3,(H,19,20,23). The van der Waals surface area contributed by atoms with E-state index >= 15 is 0 Å². The first-order valence-corrected chi connectivity index (χ1v) is 7.96. The Balaban J connectivity index is 1.61. The highest BCUT2D eigenvalue weighted by Gasteiger charge is 2.30. The molecule has 124 valence electrons. The van der Waals surface area contributed by atoms with E-state index in [-0.39, 0.29) is 18.5 Å². The lowest BCUT2D eigenvalue weighted by Crippen LogP contribution is -2.37. The Hall–Kier alpha value is -2.60. The molecule has 0 atom stereocenters. The Bertz CT molecular complexity index is 763. The van der Waals surface area contributed by atoms with Gasteiger partial charge < -0.3 is 10.2 Å². The summed E-state index contributed by atoms with van der Waals surface area (Å²) in [6, 6.07) is 12.3. The van der Waals surface area contributed by atoms with Crippen molar-refractivity contribution in [1.29, 1.82) is 0 Å². The number of aromatic nitrogens is 1. The van der Waals surface area contributed by atoms with Gasteiger partial charge in [-0.3, -0.25) is 9.69 Å². The predicted octanol–water partition coefficient (Wildman–Crippen LogP) is 2.92. The molecule has 1 N–H and O–H groups in total. The molecular weight excluding hydrogens is 328 g/mol. The Morgan fingerprint density at radius 3 is 2.67 bits per heavy atom. The summed E-state index contributed by atoms with van der Waals surface area (Å²) in [7, 11) is 0. The molecule has 24 heavy (non-hydrogen) atoms. The SMILES string of the molecule is Cc1cccc(NC(=O)CN2CCN(c3ccc(Cl)cc3)C2=O)n1. The van der Waals surface area contributed by atoms with E-state index in [1.165, 1.54) is 4.90 Å². The second-order valence-electron chi connectivity index (χ2n) is 5.54. The largest absolute Gasteiger partial charge is 0.325 e. The number of anilines is 2. The molecule has 6 nitrogen and oxygen atoms in total. The molecule has 0 bridgehead atoms. The molecule has 1 saturated heterocycles. The molecule has 1 aromatic carbocycles. The van der Waals surface area contributed by atoms with Crippen molar-refractivity contribution in [3.63, 3.8) is 0 Å². The van der Waals surface area contributed by atoms with E-state index in [0.717, 1.165) is 11.4 Å². The van der Waals surface area contributed by atoms with Crippen molar-refractivity contribution in [3.8, 4) is 0 Å². The number of halogens is 1. The summed E-state index contributed by atoms with van der Waals surface area (Å²) in [5.74, 6) is 0.223. The van der Waals surface area contributed by atoms with Gasteiger partial charge in [0.05, 0.1) is 0 Å². The van der Waals surface area contributed by atoms with Gasteiger partial charge in [0.1, 0.15) is 12.4 Å². The van der Waals surface area contributed by atoms with Gasteiger partial charge in [-0.1, -0.05) is 17.7 Å². The molecule has 2 aromatic rings. The molecular formula is C17H17ClN4O2. The zero-order valence-electron chi connectivity index (χ0n) is 13.2. The zero-order valence-corrected chi connectivity index (χ0v) is 14.0. The number of nitrogens with one attached hydrogen (secondary N) is 1. The van der Waals surface area contributed by atoms with Crippen molar-refractivity contribution >= 4 is 35.0 Å². The van der Waals surface area contributed by atoms with Crippen LogP contribution in [0, 0.1) is 6.92 Å². The van der Waals surface area contributed by atoms with Gasteiger partial charge in [-0.05, 0) is 43.3 Å². The van der Waals surface area contributed by atoms with E-state index in [0.29, 0.717) is 23.9 Å². The third-order valence-electron chi connectivity index (χ3n) is 3.72. The second-order valence-corrected chi connectivity index (χ2v) is 5.98. The first-order valence-electron chi connectivity index (χ1n) is 7.58. The Morgan fingerprint density at radius 1 is 1.21 bits per heavy atom. The molecule has 0 radical (unpaired) electrons. The maximum absolute atomic E-state index is 12.5. The zero-order chi connectivity index (χ0) is 17.1. The third kappa shape index (κ3) is 3.65. The first kappa shape index (κ1) is 16.3. The summed E-state index contributed by atoms with van der Waals surface area (Å²) in [5.41, 5.74) is 1.59. The van der Waals surface area contributed by atoms with Crippen LogP contribution in [-0.2, 0) is 4.79 Å². The maximum atomic E-state index is 12.5. The highest BCUT2D eigenvalue weighted by Crippen LogP contribution is 2.22. The van der Waals surface area contributed by atoms with Gasteiger partial charge in [-0.15, -0.1) is 0 Å². The number of nitrogens with zero attached hydrogens (tertiary/aromatic N) is 3. The number of urea groups is 1. The number of hydrogen-bond acceptors (Lipinski definition) is 3. The van der Waals surface area contributed by atoms with Crippen LogP contribution in [0.15, 0.2) is 42.5 Å². The number of benzene rings is 1. The smallest absolute Gasteiger partial charge is 0.313 e. The Morgan fingerprint density at radius 2 is 1.96 bits per heavy atom. The van der Waals surface area contributed by atoms with Crippen LogP contribution in [0.5, 0.6) is 0 Å². The number of carbonyl (C=O) groups is 2. The lowest BCUT2D eigenvalue weighted by Gasteiger charge is -2.18. The lowest BCUT2D eigenvalue weighted by molar-refractivity contribution is -0.116. The number of hydrogen-bond donors (Lipinski definition) is 1. The third-order valence-corrected chi connectivity index (χ3v) is 3.98. The van der Waals surface area contributed by atoms with Gasteiger partial charge in [0, 0.05) is 29.5 Å². The minimum absolute atomic E-state index is 0.00144. The summed E-state index contributed by atoms with van der Waals surface area (Å²) in [4.78, 5) is 32.0. The van der Waals surface area contributed by atoms with Crippen LogP contribution in [0.2, 0.25) is 5.02 Å². The predicted molar refractivity (Wildman–Crippen MR) is 93.4 cm³/mol. The molecule has 3 amide bonds. The molecule has 1 aliphatic heterocycles. The highest BCUT2D eigenvalue weighted by atomic mass is 35.5. The van der Waals surface area contributed by atoms with Gasteiger partial charge in [0.15, 0.2) is 0 Å². The summed E-state index contributed by atoms with van der Waals surface area (Å²) in [6.45, 7) is 2.88.